The van der Waals surface area contributed by atoms with Crippen LogP contribution < -0.4 is 0 Å². The number of carbonyl (C=O) groups is 4. The van der Waals surface area contributed by atoms with Crippen LogP contribution in [0.4, 0.5) is 0 Å². The van der Waals surface area contributed by atoms with Crippen LogP contribution in [0.3, 0.4) is 0 Å². The number of likely N-dealkylation sites (tertiary alicyclic amines) is 1. The van der Waals surface area contributed by atoms with Crippen LogP contribution >= 0.6 is 0 Å². The van der Waals surface area contributed by atoms with Crippen LogP contribution in [0.2, 0.25) is 0 Å². The Balaban J connectivity index is 1.41. The van der Waals surface area contributed by atoms with E-state index in [1.807, 2.05) is 85.8 Å². The smallest absolute Gasteiger partial charge is 0.313 e. The van der Waals surface area contributed by atoms with Crippen molar-refractivity contribution in [3.63, 3.8) is 0 Å². The second-order valence-corrected chi connectivity index (χ2v) is 12.9. The number of esters is 1. The van der Waals surface area contributed by atoms with Crippen molar-refractivity contribution in [2.24, 2.45) is 11.8 Å². The number of rotatable bonds is 7. The summed E-state index contributed by atoms with van der Waals surface area (Å²) in [6.07, 6.45) is 7.24. The van der Waals surface area contributed by atoms with E-state index in [2.05, 4.69) is 0 Å². The molecule has 2 fully saturated rings. The van der Waals surface area contributed by atoms with Gasteiger partial charge in [0.05, 0.1) is 18.1 Å². The van der Waals surface area contributed by atoms with E-state index >= 15 is 0 Å². The van der Waals surface area contributed by atoms with Gasteiger partial charge in [-0.25, -0.2) is 0 Å². The fraction of sp³-hybridized carbons (Fsp3) is 0.459. The molecular formula is C37H43N3O7. The third-order valence-corrected chi connectivity index (χ3v) is 10.0. The van der Waals surface area contributed by atoms with Crippen LogP contribution in [0.1, 0.15) is 49.8 Å². The molecule has 248 valence electrons. The fourth-order valence-electron chi connectivity index (χ4n) is 7.51. The van der Waals surface area contributed by atoms with Crippen LogP contribution in [0.5, 0.6) is 0 Å². The normalized spacial score (nSPS) is 31.8. The summed E-state index contributed by atoms with van der Waals surface area (Å²) >= 11 is 0. The highest BCUT2D eigenvalue weighted by Gasteiger charge is 2.71. The maximum absolute atomic E-state index is 14.5. The second kappa shape index (κ2) is 13.8. The molecule has 2 aromatic rings. The number of amides is 3. The van der Waals surface area contributed by atoms with Crippen LogP contribution in [0.25, 0.3) is 0 Å². The maximum atomic E-state index is 14.5. The van der Waals surface area contributed by atoms with Gasteiger partial charge in [-0.1, -0.05) is 85.0 Å². The molecule has 0 radical (unpaired) electrons. The minimum absolute atomic E-state index is 0.0381. The predicted molar refractivity (Wildman–Crippen MR) is 173 cm³/mol. The summed E-state index contributed by atoms with van der Waals surface area (Å²) in [7, 11) is 1.71. The van der Waals surface area contributed by atoms with Crippen LogP contribution in [0.15, 0.2) is 85.0 Å². The predicted octanol–water partition coefficient (Wildman–Crippen LogP) is 3.42. The topological polar surface area (TPSA) is 117 Å². The summed E-state index contributed by atoms with van der Waals surface area (Å²) in [6.45, 7) is 2.72. The molecule has 10 heteroatoms. The van der Waals surface area contributed by atoms with Crippen molar-refractivity contribution in [2.45, 2.75) is 69.0 Å². The number of fused-ring (bicyclic) bond motifs is 2. The standard InChI is InChI=1S/C37H43N3O7/c1-25-32(27-16-7-4-8-17-27)46-36(45)30-28(18-9-10-19-29(42)38(25)2)47-37-20-13-21-39(24-26-14-5-3-6-15-26)35(44)33(37)40(22-11-12-23-41)34(43)31(30)37/h3-9,13-18,20,25,28,30-33,41H,10-12,19,21-24H2,1-2H3/b18-9-/t25-,28-,30+,31+,32+,33-,37+/m1/s1. The van der Waals surface area contributed by atoms with Gasteiger partial charge in [-0.3, -0.25) is 19.2 Å². The van der Waals surface area contributed by atoms with Gasteiger partial charge in [-0.15, -0.1) is 0 Å². The molecule has 0 saturated carbocycles. The molecule has 10 nitrogen and oxygen atoms in total. The number of nitrogens with zero attached hydrogens (tertiary/aromatic N) is 3. The molecule has 1 spiro atoms. The Morgan fingerprint density at radius 3 is 2.38 bits per heavy atom. The Hall–Kier alpha value is -4.28. The maximum Gasteiger partial charge on any atom is 0.313 e. The number of unbranched alkanes of at least 4 members (excludes halogenated alkanes) is 1. The van der Waals surface area contributed by atoms with Crippen LogP contribution in [-0.2, 0) is 35.2 Å². The lowest BCUT2D eigenvalue weighted by Crippen LogP contribution is -2.55. The highest BCUT2D eigenvalue weighted by atomic mass is 16.6. The zero-order valence-corrected chi connectivity index (χ0v) is 26.9. The number of cyclic esters (lactones) is 1. The molecule has 2 aromatic carbocycles. The lowest BCUT2D eigenvalue weighted by Gasteiger charge is -2.35. The molecule has 1 N–H and O–H groups in total. The minimum atomic E-state index is -1.40. The Bertz CT molecular complexity index is 1530. The zero-order valence-electron chi connectivity index (χ0n) is 26.9. The Kier molecular flexibility index (Phi) is 9.61. The molecule has 47 heavy (non-hydrogen) atoms. The number of aliphatic hydroxyl groups excluding tert-OH is 1. The summed E-state index contributed by atoms with van der Waals surface area (Å²) in [5, 5.41) is 9.51. The van der Waals surface area contributed by atoms with Crippen molar-refractivity contribution in [3.8, 4) is 0 Å². The van der Waals surface area contributed by atoms with E-state index < -0.39 is 47.7 Å². The van der Waals surface area contributed by atoms with Gasteiger partial charge in [-0.2, -0.15) is 0 Å². The number of ether oxygens (including phenoxy) is 2. The monoisotopic (exact) mass is 641 g/mol. The summed E-state index contributed by atoms with van der Waals surface area (Å²) in [5.74, 6) is -3.32. The summed E-state index contributed by atoms with van der Waals surface area (Å²) in [4.78, 5) is 61.5. The number of hydrogen-bond acceptors (Lipinski definition) is 7. The molecule has 0 aliphatic carbocycles. The quantitative estimate of drug-likeness (QED) is 0.280. The fourth-order valence-corrected chi connectivity index (χ4v) is 7.51. The van der Waals surface area contributed by atoms with Crippen molar-refractivity contribution < 1.29 is 33.8 Å². The second-order valence-electron chi connectivity index (χ2n) is 12.9. The van der Waals surface area contributed by atoms with Gasteiger partial charge in [-0.05, 0) is 37.3 Å². The van der Waals surface area contributed by atoms with Crippen LogP contribution in [-0.4, -0.2) is 94.0 Å². The van der Waals surface area contributed by atoms with E-state index in [1.165, 1.54) is 0 Å². The first-order valence-corrected chi connectivity index (χ1v) is 16.5. The van der Waals surface area contributed by atoms with Crippen molar-refractivity contribution in [2.75, 3.05) is 26.7 Å². The molecule has 4 aliphatic rings. The van der Waals surface area contributed by atoms with Gasteiger partial charge in [0.25, 0.3) is 0 Å². The number of benzene rings is 2. The molecule has 0 bridgehead atoms. The molecule has 4 aliphatic heterocycles. The van der Waals surface area contributed by atoms with Crippen LogP contribution in [0, 0.1) is 11.8 Å². The largest absolute Gasteiger partial charge is 0.455 e. The zero-order chi connectivity index (χ0) is 33.1. The molecule has 6 rings (SSSR count). The van der Waals surface area contributed by atoms with E-state index in [0.29, 0.717) is 32.4 Å². The van der Waals surface area contributed by atoms with E-state index in [9.17, 15) is 24.3 Å². The first-order chi connectivity index (χ1) is 22.8. The average Bonchev–Trinajstić information content (AvgIpc) is 3.47. The number of carbonyl (C=O) groups excluding carboxylic acids is 4. The lowest BCUT2D eigenvalue weighted by atomic mass is 9.77. The number of likely N-dealkylation sites (N-methyl/N-ethyl adjacent to an activating group) is 1. The molecule has 4 heterocycles. The Labute approximate surface area is 275 Å². The van der Waals surface area contributed by atoms with E-state index in [4.69, 9.17) is 9.47 Å². The summed E-state index contributed by atoms with van der Waals surface area (Å²) in [5.41, 5.74) is 0.282. The number of allylic oxidation sites excluding steroid dienone is 1. The molecular weight excluding hydrogens is 598 g/mol. The summed E-state index contributed by atoms with van der Waals surface area (Å²) < 4.78 is 13.1. The van der Waals surface area contributed by atoms with Crippen molar-refractivity contribution in [1.82, 2.24) is 14.7 Å². The van der Waals surface area contributed by atoms with Crippen molar-refractivity contribution in [1.29, 1.82) is 0 Å². The molecule has 0 aromatic heterocycles. The van der Waals surface area contributed by atoms with E-state index in [0.717, 1.165) is 11.1 Å². The average molecular weight is 642 g/mol. The van der Waals surface area contributed by atoms with Crippen molar-refractivity contribution in [3.05, 3.63) is 96.1 Å². The van der Waals surface area contributed by atoms with Gasteiger partial charge < -0.3 is 29.3 Å². The lowest BCUT2D eigenvalue weighted by molar-refractivity contribution is -0.164. The number of aliphatic hydroxyl groups is 1. The molecule has 7 atom stereocenters. The Morgan fingerprint density at radius 1 is 0.936 bits per heavy atom. The molecule has 3 amide bonds. The van der Waals surface area contributed by atoms with E-state index in [1.54, 1.807) is 27.8 Å². The Morgan fingerprint density at radius 2 is 1.66 bits per heavy atom. The SMILES string of the molecule is C[C@@H]1[C@@H](c2ccccc2)OC(=O)[C@@H]2[C@H]3C(=O)N(CCCCO)[C@@H]4C(=O)N(Cc5ccccc5)CC=C[C@]34O[C@@H]2/C=C\CCC(=O)N1C. The minimum Gasteiger partial charge on any atom is -0.455 e. The van der Waals surface area contributed by atoms with Gasteiger partial charge in [0, 0.05) is 39.7 Å². The first-order valence-electron chi connectivity index (χ1n) is 16.5. The van der Waals surface area contributed by atoms with Gasteiger partial charge in [0.2, 0.25) is 17.7 Å². The number of hydrogen-bond donors (Lipinski definition) is 1. The summed E-state index contributed by atoms with van der Waals surface area (Å²) in [6, 6.07) is 17.5. The third kappa shape index (κ3) is 6.12. The van der Waals surface area contributed by atoms with Crippen molar-refractivity contribution >= 4 is 23.7 Å². The molecule has 2 saturated heterocycles. The first kappa shape index (κ1) is 32.7. The highest BCUT2D eigenvalue weighted by Crippen LogP contribution is 2.53. The molecule has 0 unspecified atom stereocenters. The van der Waals surface area contributed by atoms with Gasteiger partial charge in [0.15, 0.2) is 0 Å². The van der Waals surface area contributed by atoms with Gasteiger partial charge >= 0.3 is 5.97 Å². The van der Waals surface area contributed by atoms with Gasteiger partial charge in [0.1, 0.15) is 23.7 Å². The van der Waals surface area contributed by atoms with E-state index in [-0.39, 0.29) is 37.3 Å². The third-order valence-electron chi connectivity index (χ3n) is 10.0. The highest BCUT2D eigenvalue weighted by molar-refractivity contribution is 5.99.